The number of nitrogens with one attached hydrogen (secondary N) is 1. The van der Waals surface area contributed by atoms with Crippen molar-refractivity contribution in [2.24, 2.45) is 5.73 Å². The van der Waals surface area contributed by atoms with E-state index in [0.717, 1.165) is 24.1 Å². The number of fused-ring (bicyclic) bond motifs is 1. The molecule has 2 aromatic heterocycles. The van der Waals surface area contributed by atoms with Gasteiger partial charge in [-0.2, -0.15) is 5.26 Å². The Balaban J connectivity index is 0.00000107. The van der Waals surface area contributed by atoms with Crippen molar-refractivity contribution in [2.45, 2.75) is 40.5 Å². The zero-order chi connectivity index (χ0) is 25.7. The van der Waals surface area contributed by atoms with Gasteiger partial charge >= 0.3 is 0 Å². The second-order valence-electron chi connectivity index (χ2n) is 7.21. The first-order chi connectivity index (χ1) is 16.4. The van der Waals surface area contributed by atoms with Crippen LogP contribution in [0.4, 0.5) is 0 Å². The summed E-state index contributed by atoms with van der Waals surface area (Å²) in [4.78, 5) is 8.97. The number of imidazole rings is 1. The third-order valence-electron chi connectivity index (χ3n) is 4.99. The normalized spacial score (nSPS) is 11.9. The number of nitrogens with zero attached hydrogens (tertiary/aromatic N) is 4. The number of hydrogen-bond donors (Lipinski definition) is 2. The number of rotatable bonds is 7. The smallest absolute Gasteiger partial charge is 0.160 e. The van der Waals surface area contributed by atoms with Crippen LogP contribution in [0.15, 0.2) is 85.9 Å². The molecule has 0 bridgehead atoms. The van der Waals surface area contributed by atoms with Gasteiger partial charge < -0.3 is 11.1 Å². The molecule has 6 nitrogen and oxygen atoms in total. The van der Waals surface area contributed by atoms with E-state index in [2.05, 4.69) is 84.6 Å². The molecule has 2 heterocycles. The first kappa shape index (κ1) is 27.9. The van der Waals surface area contributed by atoms with E-state index in [-0.39, 0.29) is 0 Å². The molecule has 0 atom stereocenters. The molecule has 2 aromatic rings. The van der Waals surface area contributed by atoms with Crippen LogP contribution in [0.2, 0.25) is 0 Å². The van der Waals surface area contributed by atoms with Crippen molar-refractivity contribution in [3.8, 4) is 6.07 Å². The molecule has 0 fully saturated rings. The fourth-order valence-corrected chi connectivity index (χ4v) is 3.11. The highest BCUT2D eigenvalue weighted by Crippen LogP contribution is 2.22. The van der Waals surface area contributed by atoms with Gasteiger partial charge in [0.1, 0.15) is 12.4 Å². The van der Waals surface area contributed by atoms with E-state index in [1.165, 1.54) is 17.3 Å². The van der Waals surface area contributed by atoms with Crippen molar-refractivity contribution in [3.63, 3.8) is 0 Å². The maximum Gasteiger partial charge on any atom is 0.160 e. The predicted octanol–water partition coefficient (Wildman–Crippen LogP) is 6.03. The number of nitrogens with two attached hydrogens (primary N) is 1. The van der Waals surface area contributed by atoms with E-state index in [9.17, 15) is 5.26 Å². The standard InChI is InChI=1S/C24H25N5.C2H5N.C2H6/c1-6-16(2)21-9-7-8-20(10-11-21)14-26-18(4)22-12-23(17(3)13-25)29-15-27-19(5)24(29)28-22;1-2-3;1-2/h7-8,10-12,15,26H,2-4,6,9,14H2,1,5H3;2H,1,3H2;1-2H3. The van der Waals surface area contributed by atoms with Crippen LogP contribution in [0.5, 0.6) is 0 Å². The lowest BCUT2D eigenvalue weighted by Gasteiger charge is -2.12. The van der Waals surface area contributed by atoms with Gasteiger partial charge in [-0.25, -0.2) is 9.97 Å². The van der Waals surface area contributed by atoms with Crippen LogP contribution in [0, 0.1) is 18.3 Å². The Morgan fingerprint density at radius 2 is 1.97 bits per heavy atom. The van der Waals surface area contributed by atoms with Gasteiger partial charge in [0.05, 0.1) is 28.4 Å². The maximum absolute atomic E-state index is 9.29. The molecule has 0 saturated heterocycles. The third kappa shape index (κ3) is 7.21. The summed E-state index contributed by atoms with van der Waals surface area (Å²) in [6.45, 7) is 23.9. The SMILES string of the molecule is C=C(CC)C1=CC=C(CNC(=C)c2cc(C(=C)C#N)n3cnc(C)c3n2)C=CC1.C=CN.CC. The van der Waals surface area contributed by atoms with Crippen LogP contribution in [-0.2, 0) is 0 Å². The molecule has 1 aliphatic rings. The van der Waals surface area contributed by atoms with Crippen LogP contribution >= 0.6 is 0 Å². The minimum absolute atomic E-state index is 0.354. The van der Waals surface area contributed by atoms with Gasteiger partial charge in [-0.3, -0.25) is 4.40 Å². The number of hydrogen-bond acceptors (Lipinski definition) is 5. The second kappa shape index (κ2) is 14.1. The molecular weight excluding hydrogens is 420 g/mol. The van der Waals surface area contributed by atoms with Gasteiger partial charge in [-0.15, -0.1) is 0 Å². The molecule has 1 aliphatic carbocycles. The highest BCUT2D eigenvalue weighted by Gasteiger charge is 2.13. The Kier molecular flexibility index (Phi) is 11.6. The van der Waals surface area contributed by atoms with E-state index in [1.54, 1.807) is 10.7 Å². The minimum Gasteiger partial charge on any atom is -0.405 e. The van der Waals surface area contributed by atoms with Crippen molar-refractivity contribution < 1.29 is 0 Å². The molecule has 0 saturated carbocycles. The molecule has 0 radical (unpaired) electrons. The molecular formula is C28H36N6. The topological polar surface area (TPSA) is 92.0 Å². The Bertz CT molecular complexity index is 1180. The Morgan fingerprint density at radius 3 is 2.59 bits per heavy atom. The van der Waals surface area contributed by atoms with E-state index in [4.69, 9.17) is 0 Å². The first-order valence-corrected chi connectivity index (χ1v) is 11.3. The number of allylic oxidation sites excluding steroid dienone is 6. The number of nitriles is 1. The fraction of sp³-hybridized carbons (Fsp3) is 0.250. The lowest BCUT2D eigenvalue weighted by atomic mass is 10.0. The van der Waals surface area contributed by atoms with Crippen LogP contribution in [-0.4, -0.2) is 20.9 Å². The van der Waals surface area contributed by atoms with Crippen LogP contribution in [0.3, 0.4) is 0 Å². The molecule has 3 N–H and O–H groups in total. The van der Waals surface area contributed by atoms with Crippen LogP contribution < -0.4 is 11.1 Å². The highest BCUT2D eigenvalue weighted by molar-refractivity contribution is 5.76. The van der Waals surface area contributed by atoms with Gasteiger partial charge in [-0.05, 0) is 43.2 Å². The molecule has 0 amide bonds. The Morgan fingerprint density at radius 1 is 1.29 bits per heavy atom. The lowest BCUT2D eigenvalue weighted by molar-refractivity contribution is 0.962. The molecule has 0 spiro atoms. The van der Waals surface area contributed by atoms with Gasteiger partial charge in [0.15, 0.2) is 5.65 Å². The molecule has 0 unspecified atom stereocenters. The summed E-state index contributed by atoms with van der Waals surface area (Å²) < 4.78 is 1.78. The summed E-state index contributed by atoms with van der Waals surface area (Å²) in [5.41, 5.74) is 12.0. The van der Waals surface area contributed by atoms with Crippen LogP contribution in [0.25, 0.3) is 16.9 Å². The summed E-state index contributed by atoms with van der Waals surface area (Å²) in [5.74, 6) is 0. The van der Waals surface area contributed by atoms with Gasteiger partial charge in [0, 0.05) is 6.54 Å². The molecule has 0 aromatic carbocycles. The van der Waals surface area contributed by atoms with Crippen molar-refractivity contribution in [1.82, 2.24) is 19.7 Å². The van der Waals surface area contributed by atoms with Gasteiger partial charge in [-0.1, -0.05) is 77.0 Å². The molecule has 34 heavy (non-hydrogen) atoms. The second-order valence-corrected chi connectivity index (χ2v) is 7.21. The van der Waals surface area contributed by atoms with E-state index in [0.29, 0.717) is 34.8 Å². The minimum atomic E-state index is 0.354. The van der Waals surface area contributed by atoms with E-state index in [1.807, 2.05) is 26.8 Å². The fourth-order valence-electron chi connectivity index (χ4n) is 3.11. The summed E-state index contributed by atoms with van der Waals surface area (Å²) in [6.07, 6.45) is 13.3. The zero-order valence-corrected chi connectivity index (χ0v) is 20.9. The molecule has 178 valence electrons. The Labute approximate surface area is 203 Å². The van der Waals surface area contributed by atoms with Crippen LogP contribution in [0.1, 0.15) is 50.7 Å². The average Bonchev–Trinajstić information content (AvgIpc) is 3.08. The molecule has 6 heteroatoms. The summed E-state index contributed by atoms with van der Waals surface area (Å²) in [5, 5.41) is 12.6. The summed E-state index contributed by atoms with van der Waals surface area (Å²) in [6, 6.07) is 3.92. The quantitative estimate of drug-likeness (QED) is 0.496. The Hall–Kier alpha value is -4.11. The van der Waals surface area contributed by atoms with Crippen molar-refractivity contribution in [2.75, 3.05) is 6.54 Å². The maximum atomic E-state index is 9.29. The van der Waals surface area contributed by atoms with Crippen molar-refractivity contribution in [3.05, 3.63) is 103 Å². The van der Waals surface area contributed by atoms with E-state index < -0.39 is 0 Å². The largest absolute Gasteiger partial charge is 0.405 e. The zero-order valence-electron chi connectivity index (χ0n) is 20.9. The summed E-state index contributed by atoms with van der Waals surface area (Å²) in [7, 11) is 0. The monoisotopic (exact) mass is 456 g/mol. The van der Waals surface area contributed by atoms with Gasteiger partial charge in [0.25, 0.3) is 0 Å². The number of aryl methyl sites for hydroxylation is 1. The predicted molar refractivity (Wildman–Crippen MR) is 144 cm³/mol. The lowest BCUT2D eigenvalue weighted by Crippen LogP contribution is -2.16. The average molecular weight is 457 g/mol. The molecule has 3 rings (SSSR count). The molecule has 0 aliphatic heterocycles. The van der Waals surface area contributed by atoms with Crippen molar-refractivity contribution in [1.29, 1.82) is 5.26 Å². The first-order valence-electron chi connectivity index (χ1n) is 11.3. The third-order valence-corrected chi connectivity index (χ3v) is 4.99. The highest BCUT2D eigenvalue weighted by atomic mass is 15.1. The summed E-state index contributed by atoms with van der Waals surface area (Å²) >= 11 is 0. The number of aromatic nitrogens is 3. The van der Waals surface area contributed by atoms with E-state index >= 15 is 0 Å². The van der Waals surface area contributed by atoms with Gasteiger partial charge in [0.2, 0.25) is 0 Å². The van der Waals surface area contributed by atoms with Crippen molar-refractivity contribution >= 4 is 16.9 Å².